The van der Waals surface area contributed by atoms with Gasteiger partial charge in [-0.1, -0.05) is 28.1 Å². The van der Waals surface area contributed by atoms with Crippen LogP contribution in [-0.4, -0.2) is 37.7 Å². The Labute approximate surface area is 134 Å². The number of carbonyl (C=O) groups is 1. The number of rotatable bonds is 4. The maximum absolute atomic E-state index is 12.0. The predicted molar refractivity (Wildman–Crippen MR) is 85.3 cm³/mol. The Kier molecular flexibility index (Phi) is 7.51. The Morgan fingerprint density at radius 3 is 2.80 bits per heavy atom. The first kappa shape index (κ1) is 17.4. The highest BCUT2D eigenvalue weighted by molar-refractivity contribution is 9.10. The van der Waals surface area contributed by atoms with Crippen molar-refractivity contribution in [1.29, 1.82) is 0 Å². The van der Waals surface area contributed by atoms with E-state index in [-0.39, 0.29) is 30.4 Å². The van der Waals surface area contributed by atoms with Gasteiger partial charge in [0.15, 0.2) is 0 Å². The molecule has 1 aromatic rings. The van der Waals surface area contributed by atoms with E-state index in [0.717, 1.165) is 17.4 Å². The highest BCUT2D eigenvalue weighted by Gasteiger charge is 2.22. The van der Waals surface area contributed by atoms with Crippen molar-refractivity contribution in [3.05, 3.63) is 34.3 Å². The molecule has 2 rings (SSSR count). The Balaban J connectivity index is 0.00000200. The molecule has 0 radical (unpaired) electrons. The fraction of sp³-hybridized carbons (Fsp3) is 0.500. The van der Waals surface area contributed by atoms with Crippen LogP contribution in [0.1, 0.15) is 12.5 Å². The molecule has 0 saturated carbocycles. The average Bonchev–Trinajstić information content (AvgIpc) is 2.42. The van der Waals surface area contributed by atoms with Gasteiger partial charge in [-0.3, -0.25) is 4.79 Å². The van der Waals surface area contributed by atoms with Crippen LogP contribution < -0.4 is 10.6 Å². The second-order valence-electron chi connectivity index (χ2n) is 4.82. The fourth-order valence-corrected chi connectivity index (χ4v) is 2.37. The molecule has 2 unspecified atom stereocenters. The zero-order valence-corrected chi connectivity index (χ0v) is 13.8. The molecule has 0 spiro atoms. The summed E-state index contributed by atoms with van der Waals surface area (Å²) < 4.78 is 6.35. The van der Waals surface area contributed by atoms with Crippen LogP contribution in [0.2, 0.25) is 0 Å². The maximum Gasteiger partial charge on any atom is 0.239 e. The molecule has 2 atom stereocenters. The Morgan fingerprint density at radius 1 is 1.50 bits per heavy atom. The highest BCUT2D eigenvalue weighted by atomic mass is 79.9. The number of ether oxygens (including phenoxy) is 1. The van der Waals surface area contributed by atoms with Crippen molar-refractivity contribution in [1.82, 2.24) is 10.6 Å². The third kappa shape index (κ3) is 5.40. The first-order chi connectivity index (χ1) is 9.15. The van der Waals surface area contributed by atoms with Crippen LogP contribution in [0.25, 0.3) is 0 Å². The lowest BCUT2D eigenvalue weighted by Crippen LogP contribution is -2.53. The lowest BCUT2D eigenvalue weighted by atomic mass is 10.1. The van der Waals surface area contributed by atoms with Gasteiger partial charge in [0.2, 0.25) is 5.91 Å². The summed E-state index contributed by atoms with van der Waals surface area (Å²) in [7, 11) is 0. The SMILES string of the molecule is CC(Cc1ccc(Br)cc1)NC(=O)C1COCCN1.Cl. The van der Waals surface area contributed by atoms with Crippen LogP contribution in [0, 0.1) is 0 Å². The molecular formula is C14H20BrClN2O2. The second-order valence-corrected chi connectivity index (χ2v) is 5.74. The first-order valence-corrected chi connectivity index (χ1v) is 7.30. The molecule has 0 aromatic heterocycles. The van der Waals surface area contributed by atoms with Crippen molar-refractivity contribution in [2.75, 3.05) is 19.8 Å². The van der Waals surface area contributed by atoms with Crippen molar-refractivity contribution in [2.24, 2.45) is 0 Å². The van der Waals surface area contributed by atoms with Crippen LogP contribution in [0.3, 0.4) is 0 Å². The summed E-state index contributed by atoms with van der Waals surface area (Å²) in [6.07, 6.45) is 0.826. The standard InChI is InChI=1S/C14H19BrN2O2.ClH/c1-10(8-11-2-4-12(15)5-3-11)17-14(18)13-9-19-7-6-16-13;/h2-5,10,13,16H,6-9H2,1H3,(H,17,18);1H. The molecule has 0 bridgehead atoms. The monoisotopic (exact) mass is 362 g/mol. The molecule has 20 heavy (non-hydrogen) atoms. The van der Waals surface area contributed by atoms with Gasteiger partial charge in [-0.15, -0.1) is 12.4 Å². The number of amides is 1. The van der Waals surface area contributed by atoms with Crippen LogP contribution >= 0.6 is 28.3 Å². The fourth-order valence-electron chi connectivity index (χ4n) is 2.10. The maximum atomic E-state index is 12.0. The van der Waals surface area contributed by atoms with E-state index in [1.165, 1.54) is 5.56 Å². The van der Waals surface area contributed by atoms with Crippen LogP contribution in [0.4, 0.5) is 0 Å². The molecule has 1 saturated heterocycles. The van der Waals surface area contributed by atoms with Crippen molar-refractivity contribution in [3.63, 3.8) is 0 Å². The van der Waals surface area contributed by atoms with E-state index >= 15 is 0 Å². The molecule has 2 N–H and O–H groups in total. The lowest BCUT2D eigenvalue weighted by Gasteiger charge is -2.24. The first-order valence-electron chi connectivity index (χ1n) is 6.51. The minimum Gasteiger partial charge on any atom is -0.378 e. The number of benzene rings is 1. The minimum absolute atomic E-state index is 0. The van der Waals surface area contributed by atoms with Crippen LogP contribution in [0.15, 0.2) is 28.7 Å². The molecular weight excluding hydrogens is 344 g/mol. The summed E-state index contributed by atoms with van der Waals surface area (Å²) in [6, 6.07) is 8.04. The summed E-state index contributed by atoms with van der Waals surface area (Å²) in [5.41, 5.74) is 1.21. The average molecular weight is 364 g/mol. The van der Waals surface area contributed by atoms with Gasteiger partial charge in [0.25, 0.3) is 0 Å². The van der Waals surface area contributed by atoms with Crippen LogP contribution in [0.5, 0.6) is 0 Å². The van der Waals surface area contributed by atoms with E-state index in [9.17, 15) is 4.79 Å². The molecule has 6 heteroatoms. The van der Waals surface area contributed by atoms with E-state index in [1.54, 1.807) is 0 Å². The van der Waals surface area contributed by atoms with Gasteiger partial charge in [0.1, 0.15) is 6.04 Å². The third-order valence-corrected chi connectivity index (χ3v) is 3.61. The smallest absolute Gasteiger partial charge is 0.239 e. The molecule has 4 nitrogen and oxygen atoms in total. The minimum atomic E-state index is -0.221. The molecule has 1 aromatic carbocycles. The van der Waals surface area contributed by atoms with Gasteiger partial charge in [0.05, 0.1) is 13.2 Å². The van der Waals surface area contributed by atoms with Crippen LogP contribution in [-0.2, 0) is 16.0 Å². The normalized spacial score (nSPS) is 19.8. The van der Waals surface area contributed by atoms with Gasteiger partial charge >= 0.3 is 0 Å². The molecule has 0 aliphatic carbocycles. The molecule has 1 aliphatic rings. The number of carbonyl (C=O) groups excluding carboxylic acids is 1. The summed E-state index contributed by atoms with van der Waals surface area (Å²) in [5.74, 6) is 0.0179. The Bertz CT molecular complexity index is 422. The number of hydrogen-bond acceptors (Lipinski definition) is 3. The second kappa shape index (κ2) is 8.62. The summed E-state index contributed by atoms with van der Waals surface area (Å²) in [6.45, 7) is 3.89. The highest BCUT2D eigenvalue weighted by Crippen LogP contribution is 2.11. The quantitative estimate of drug-likeness (QED) is 0.859. The molecule has 1 aliphatic heterocycles. The van der Waals surface area contributed by atoms with E-state index in [0.29, 0.717) is 13.2 Å². The zero-order chi connectivity index (χ0) is 13.7. The number of hydrogen-bond donors (Lipinski definition) is 2. The van der Waals surface area contributed by atoms with Gasteiger partial charge in [-0.2, -0.15) is 0 Å². The summed E-state index contributed by atoms with van der Waals surface area (Å²) in [4.78, 5) is 12.0. The zero-order valence-electron chi connectivity index (χ0n) is 11.4. The van der Waals surface area contributed by atoms with E-state index < -0.39 is 0 Å². The van der Waals surface area contributed by atoms with Crippen molar-refractivity contribution >= 4 is 34.2 Å². The number of halogens is 2. The van der Waals surface area contributed by atoms with Gasteiger partial charge in [0, 0.05) is 17.1 Å². The third-order valence-electron chi connectivity index (χ3n) is 3.08. The summed E-state index contributed by atoms with van der Waals surface area (Å²) in [5, 5.41) is 6.17. The van der Waals surface area contributed by atoms with Gasteiger partial charge in [-0.25, -0.2) is 0 Å². The van der Waals surface area contributed by atoms with E-state index in [2.05, 4.69) is 38.7 Å². The molecule has 1 amide bonds. The van der Waals surface area contributed by atoms with Crippen molar-refractivity contribution in [2.45, 2.75) is 25.4 Å². The Hall–Kier alpha value is -0.620. The molecule has 112 valence electrons. The molecule has 1 heterocycles. The number of nitrogens with one attached hydrogen (secondary N) is 2. The topological polar surface area (TPSA) is 50.4 Å². The lowest BCUT2D eigenvalue weighted by molar-refractivity contribution is -0.126. The van der Waals surface area contributed by atoms with E-state index in [1.807, 2.05) is 19.1 Å². The largest absolute Gasteiger partial charge is 0.378 e. The summed E-state index contributed by atoms with van der Waals surface area (Å²) >= 11 is 3.41. The van der Waals surface area contributed by atoms with Gasteiger partial charge < -0.3 is 15.4 Å². The number of morpholine rings is 1. The van der Waals surface area contributed by atoms with Crippen molar-refractivity contribution < 1.29 is 9.53 Å². The van der Waals surface area contributed by atoms with Crippen molar-refractivity contribution in [3.8, 4) is 0 Å². The van der Waals surface area contributed by atoms with Gasteiger partial charge in [-0.05, 0) is 31.0 Å². The molecule has 1 fully saturated rings. The van der Waals surface area contributed by atoms with E-state index in [4.69, 9.17) is 4.74 Å². The predicted octanol–water partition coefficient (Wildman–Crippen LogP) is 1.91. The Morgan fingerprint density at radius 2 is 2.20 bits per heavy atom.